The third kappa shape index (κ3) is 1.63. The molecule has 0 saturated heterocycles. The summed E-state index contributed by atoms with van der Waals surface area (Å²) in [6.07, 6.45) is 5.68. The molecule has 1 aliphatic rings. The van der Waals surface area contributed by atoms with Crippen LogP contribution in [0.2, 0.25) is 0 Å². The van der Waals surface area contributed by atoms with E-state index in [-0.39, 0.29) is 0 Å². The van der Waals surface area contributed by atoms with Gasteiger partial charge in [-0.05, 0) is 24.3 Å². The molecular formula is C15H15N5. The van der Waals surface area contributed by atoms with E-state index in [9.17, 15) is 0 Å². The van der Waals surface area contributed by atoms with Crippen LogP contribution in [0.15, 0.2) is 42.9 Å². The van der Waals surface area contributed by atoms with Gasteiger partial charge in [0.25, 0.3) is 0 Å². The highest BCUT2D eigenvalue weighted by atomic mass is 15.2. The average molecular weight is 265 g/mol. The van der Waals surface area contributed by atoms with Gasteiger partial charge in [0.15, 0.2) is 0 Å². The molecule has 0 saturated carbocycles. The standard InChI is InChI=1S/C15H15N5/c16-12-3-4-13(11-2-1-5-18-15(11)12)20-9-8-19-7-6-17-14(19)10-20/h1-7H,8-10,16H2. The number of nitrogens with zero attached hydrogens (tertiary/aromatic N) is 4. The molecule has 20 heavy (non-hydrogen) atoms. The minimum atomic E-state index is 0.725. The van der Waals surface area contributed by atoms with Crippen molar-refractivity contribution in [3.8, 4) is 0 Å². The van der Waals surface area contributed by atoms with Crippen LogP contribution in [0.3, 0.4) is 0 Å². The van der Waals surface area contributed by atoms with E-state index < -0.39 is 0 Å². The molecule has 0 bridgehead atoms. The van der Waals surface area contributed by atoms with Crippen molar-refractivity contribution in [1.29, 1.82) is 0 Å². The lowest BCUT2D eigenvalue weighted by Gasteiger charge is -2.30. The molecule has 0 fully saturated rings. The number of pyridine rings is 1. The normalized spacial score (nSPS) is 14.5. The summed E-state index contributed by atoms with van der Waals surface area (Å²) in [5, 5.41) is 1.10. The number of fused-ring (bicyclic) bond motifs is 2. The van der Waals surface area contributed by atoms with Crippen LogP contribution in [-0.4, -0.2) is 21.1 Å². The Bertz CT molecular complexity index is 777. The second-order valence-corrected chi connectivity index (χ2v) is 5.03. The topological polar surface area (TPSA) is 60.0 Å². The van der Waals surface area contributed by atoms with Gasteiger partial charge in [0, 0.05) is 42.8 Å². The maximum Gasteiger partial charge on any atom is 0.128 e. The molecule has 100 valence electrons. The molecule has 0 aliphatic carbocycles. The zero-order valence-electron chi connectivity index (χ0n) is 11.0. The molecule has 3 aromatic rings. The maximum absolute atomic E-state index is 6.02. The number of aromatic nitrogens is 3. The molecule has 0 amide bonds. The molecule has 5 nitrogen and oxygen atoms in total. The first-order valence-electron chi connectivity index (χ1n) is 6.71. The fourth-order valence-electron chi connectivity index (χ4n) is 2.83. The lowest BCUT2D eigenvalue weighted by Crippen LogP contribution is -2.33. The van der Waals surface area contributed by atoms with Gasteiger partial charge in [-0.25, -0.2) is 4.98 Å². The van der Waals surface area contributed by atoms with E-state index in [2.05, 4.69) is 31.6 Å². The summed E-state index contributed by atoms with van der Waals surface area (Å²) in [6, 6.07) is 8.05. The van der Waals surface area contributed by atoms with Gasteiger partial charge in [-0.15, -0.1) is 0 Å². The van der Waals surface area contributed by atoms with Crippen molar-refractivity contribution in [2.75, 3.05) is 17.2 Å². The van der Waals surface area contributed by atoms with E-state index in [0.717, 1.165) is 42.0 Å². The van der Waals surface area contributed by atoms with E-state index in [4.69, 9.17) is 5.73 Å². The van der Waals surface area contributed by atoms with Gasteiger partial charge in [-0.2, -0.15) is 0 Å². The second-order valence-electron chi connectivity index (χ2n) is 5.03. The number of nitrogens with two attached hydrogens (primary N) is 1. The molecule has 3 heterocycles. The Hall–Kier alpha value is -2.56. The summed E-state index contributed by atoms with van der Waals surface area (Å²) >= 11 is 0. The van der Waals surface area contributed by atoms with Crippen LogP contribution in [-0.2, 0) is 13.1 Å². The van der Waals surface area contributed by atoms with Gasteiger partial charge >= 0.3 is 0 Å². The first-order chi connectivity index (χ1) is 9.83. The molecule has 0 unspecified atom stereocenters. The SMILES string of the molecule is Nc1ccc(N2CCn3ccnc3C2)c2cccnc12. The molecule has 0 spiro atoms. The molecule has 2 aromatic heterocycles. The van der Waals surface area contributed by atoms with Gasteiger partial charge in [0.05, 0.1) is 17.7 Å². The van der Waals surface area contributed by atoms with Crippen molar-refractivity contribution in [2.24, 2.45) is 0 Å². The van der Waals surface area contributed by atoms with E-state index >= 15 is 0 Å². The van der Waals surface area contributed by atoms with Gasteiger partial charge in [0.2, 0.25) is 0 Å². The zero-order valence-corrected chi connectivity index (χ0v) is 11.0. The molecule has 2 N–H and O–H groups in total. The number of nitrogen functional groups attached to an aromatic ring is 1. The quantitative estimate of drug-likeness (QED) is 0.684. The predicted octanol–water partition coefficient (Wildman–Crippen LogP) is 2.03. The van der Waals surface area contributed by atoms with E-state index in [1.165, 1.54) is 5.69 Å². The van der Waals surface area contributed by atoms with Gasteiger partial charge in [-0.3, -0.25) is 4.98 Å². The highest BCUT2D eigenvalue weighted by Gasteiger charge is 2.19. The first kappa shape index (κ1) is 11.3. The Morgan fingerprint density at radius 2 is 2.00 bits per heavy atom. The molecule has 0 radical (unpaired) electrons. The van der Waals surface area contributed by atoms with Crippen LogP contribution in [0.25, 0.3) is 10.9 Å². The van der Waals surface area contributed by atoms with E-state index in [1.54, 1.807) is 6.20 Å². The fraction of sp³-hybridized carbons (Fsp3) is 0.200. The molecule has 1 aromatic carbocycles. The second kappa shape index (κ2) is 4.23. The molecular weight excluding hydrogens is 250 g/mol. The van der Waals surface area contributed by atoms with Gasteiger partial charge < -0.3 is 15.2 Å². The largest absolute Gasteiger partial charge is 0.397 e. The predicted molar refractivity (Wildman–Crippen MR) is 79.4 cm³/mol. The van der Waals surface area contributed by atoms with Crippen molar-refractivity contribution in [1.82, 2.24) is 14.5 Å². The number of hydrogen-bond acceptors (Lipinski definition) is 4. The van der Waals surface area contributed by atoms with Crippen molar-refractivity contribution < 1.29 is 0 Å². The molecule has 1 aliphatic heterocycles. The number of imidazole rings is 1. The lowest BCUT2D eigenvalue weighted by molar-refractivity contribution is 0.561. The Morgan fingerprint density at radius 3 is 2.95 bits per heavy atom. The van der Waals surface area contributed by atoms with Crippen LogP contribution in [0.1, 0.15) is 5.82 Å². The smallest absolute Gasteiger partial charge is 0.128 e. The van der Waals surface area contributed by atoms with E-state index in [0.29, 0.717) is 0 Å². The van der Waals surface area contributed by atoms with E-state index in [1.807, 2.05) is 24.5 Å². The lowest BCUT2D eigenvalue weighted by atomic mass is 10.1. The zero-order chi connectivity index (χ0) is 13.5. The average Bonchev–Trinajstić information content (AvgIpc) is 2.95. The van der Waals surface area contributed by atoms with Crippen molar-refractivity contribution in [3.05, 3.63) is 48.7 Å². The molecule has 4 rings (SSSR count). The summed E-state index contributed by atoms with van der Waals surface area (Å²) in [5.41, 5.74) is 8.79. The minimum absolute atomic E-state index is 0.725. The summed E-state index contributed by atoms with van der Waals surface area (Å²) in [6.45, 7) is 2.75. The summed E-state index contributed by atoms with van der Waals surface area (Å²) in [5.74, 6) is 1.10. The Morgan fingerprint density at radius 1 is 1.05 bits per heavy atom. The fourth-order valence-corrected chi connectivity index (χ4v) is 2.83. The van der Waals surface area contributed by atoms with Crippen molar-refractivity contribution in [2.45, 2.75) is 13.1 Å². The number of rotatable bonds is 1. The van der Waals surface area contributed by atoms with Gasteiger partial charge in [0.1, 0.15) is 5.82 Å². The monoisotopic (exact) mass is 265 g/mol. The van der Waals surface area contributed by atoms with Crippen LogP contribution in [0, 0.1) is 0 Å². The number of benzene rings is 1. The Labute approximate surface area is 116 Å². The number of hydrogen-bond donors (Lipinski definition) is 1. The van der Waals surface area contributed by atoms with Gasteiger partial charge in [-0.1, -0.05) is 0 Å². The molecule has 0 atom stereocenters. The first-order valence-corrected chi connectivity index (χ1v) is 6.71. The van der Waals surface area contributed by atoms with Crippen LogP contribution in [0.5, 0.6) is 0 Å². The third-order valence-corrected chi connectivity index (χ3v) is 3.86. The Balaban J connectivity index is 1.82. The highest BCUT2D eigenvalue weighted by molar-refractivity contribution is 5.98. The third-order valence-electron chi connectivity index (χ3n) is 3.86. The Kier molecular flexibility index (Phi) is 2.39. The number of anilines is 2. The highest BCUT2D eigenvalue weighted by Crippen LogP contribution is 2.31. The van der Waals surface area contributed by atoms with Crippen LogP contribution >= 0.6 is 0 Å². The van der Waals surface area contributed by atoms with Crippen LogP contribution < -0.4 is 10.6 Å². The summed E-state index contributed by atoms with van der Waals surface area (Å²) < 4.78 is 2.20. The van der Waals surface area contributed by atoms with Crippen molar-refractivity contribution in [3.63, 3.8) is 0 Å². The van der Waals surface area contributed by atoms with Crippen molar-refractivity contribution >= 4 is 22.3 Å². The molecule has 5 heteroatoms. The summed E-state index contributed by atoms with van der Waals surface area (Å²) in [7, 11) is 0. The minimum Gasteiger partial charge on any atom is -0.397 e. The van der Waals surface area contributed by atoms with Crippen LogP contribution in [0.4, 0.5) is 11.4 Å². The summed E-state index contributed by atoms with van der Waals surface area (Å²) in [4.78, 5) is 11.1. The maximum atomic E-state index is 6.02.